The Morgan fingerprint density at radius 2 is 2.10 bits per heavy atom. The molecule has 0 fully saturated rings. The van der Waals surface area contributed by atoms with Gasteiger partial charge in [-0.1, -0.05) is 13.0 Å². The predicted octanol–water partition coefficient (Wildman–Crippen LogP) is 3.76. The Labute approximate surface area is 128 Å². The average molecular weight is 345 g/mol. The van der Waals surface area contributed by atoms with Gasteiger partial charge in [-0.25, -0.2) is 0 Å². The van der Waals surface area contributed by atoms with Crippen LogP contribution in [0.15, 0.2) is 22.7 Å². The molecule has 0 saturated heterocycles. The van der Waals surface area contributed by atoms with E-state index in [1.165, 1.54) is 6.07 Å². The largest absolute Gasteiger partial charge is 0.486 e. The smallest absolute Gasteiger partial charge is 0.312 e. The van der Waals surface area contributed by atoms with Gasteiger partial charge >= 0.3 is 5.69 Å². The van der Waals surface area contributed by atoms with Crippen LogP contribution in [0.25, 0.3) is 0 Å². The van der Waals surface area contributed by atoms with Crippen LogP contribution in [0.2, 0.25) is 0 Å². The van der Waals surface area contributed by atoms with Crippen LogP contribution in [0, 0.1) is 16.0 Å². The maximum atomic E-state index is 11.0. The highest BCUT2D eigenvalue weighted by Gasteiger charge is 2.19. The fraction of sp³-hybridized carbons (Fsp3) is 0.571. The Balaban J connectivity index is 2.64. The van der Waals surface area contributed by atoms with E-state index in [4.69, 9.17) is 4.74 Å². The minimum absolute atomic E-state index is 0.0182. The highest BCUT2D eigenvalue weighted by Crippen LogP contribution is 2.34. The predicted molar refractivity (Wildman–Crippen MR) is 83.2 cm³/mol. The number of hydrogen-bond acceptors (Lipinski definition) is 4. The highest BCUT2D eigenvalue weighted by atomic mass is 79.9. The zero-order valence-corrected chi connectivity index (χ0v) is 13.9. The van der Waals surface area contributed by atoms with E-state index in [1.54, 1.807) is 12.1 Å². The minimum atomic E-state index is -0.432. The Kier molecular flexibility index (Phi) is 5.95. The van der Waals surface area contributed by atoms with E-state index in [2.05, 4.69) is 42.0 Å². The molecule has 1 aromatic rings. The van der Waals surface area contributed by atoms with Gasteiger partial charge < -0.3 is 10.1 Å². The van der Waals surface area contributed by atoms with Crippen molar-refractivity contribution in [1.82, 2.24) is 5.32 Å². The van der Waals surface area contributed by atoms with Crippen molar-refractivity contribution in [2.45, 2.75) is 33.2 Å². The zero-order chi connectivity index (χ0) is 15.3. The van der Waals surface area contributed by atoms with Gasteiger partial charge in [0, 0.05) is 24.1 Å². The molecule has 0 aliphatic heterocycles. The van der Waals surface area contributed by atoms with E-state index < -0.39 is 4.92 Å². The SMILES string of the molecule is CC(CNC(C)(C)C)COc1c(Br)cccc1[N+](=O)[O-]. The molecule has 1 unspecified atom stereocenters. The van der Waals surface area contributed by atoms with E-state index in [-0.39, 0.29) is 17.1 Å². The summed E-state index contributed by atoms with van der Waals surface area (Å²) in [6.45, 7) is 9.55. The summed E-state index contributed by atoms with van der Waals surface area (Å²) in [5.41, 5.74) is 0.0310. The van der Waals surface area contributed by atoms with Crippen molar-refractivity contribution in [2.24, 2.45) is 5.92 Å². The van der Waals surface area contributed by atoms with Crippen molar-refractivity contribution in [3.63, 3.8) is 0 Å². The van der Waals surface area contributed by atoms with Gasteiger partial charge in [0.1, 0.15) is 0 Å². The number of hydrogen-bond donors (Lipinski definition) is 1. The third-order valence-electron chi connectivity index (χ3n) is 2.64. The normalized spacial score (nSPS) is 13.1. The summed E-state index contributed by atoms with van der Waals surface area (Å²) in [4.78, 5) is 10.5. The molecular formula is C14H21BrN2O3. The molecule has 0 aliphatic rings. The average Bonchev–Trinajstić information content (AvgIpc) is 2.33. The monoisotopic (exact) mass is 344 g/mol. The molecule has 0 bridgehead atoms. The first-order chi connectivity index (χ1) is 9.20. The maximum absolute atomic E-state index is 11.0. The van der Waals surface area contributed by atoms with Crippen LogP contribution in [0.5, 0.6) is 5.75 Å². The van der Waals surface area contributed by atoms with Gasteiger partial charge in [-0.3, -0.25) is 10.1 Å². The lowest BCUT2D eigenvalue weighted by Crippen LogP contribution is -2.39. The van der Waals surface area contributed by atoms with Gasteiger partial charge in [-0.05, 0) is 42.8 Å². The summed E-state index contributed by atoms with van der Waals surface area (Å²) in [6.07, 6.45) is 0. The first-order valence-corrected chi connectivity index (χ1v) is 7.30. The van der Waals surface area contributed by atoms with Crippen LogP contribution in [-0.4, -0.2) is 23.6 Å². The lowest BCUT2D eigenvalue weighted by atomic mass is 10.1. The van der Waals surface area contributed by atoms with Crippen molar-refractivity contribution >= 4 is 21.6 Å². The first-order valence-electron chi connectivity index (χ1n) is 6.51. The Morgan fingerprint density at radius 1 is 1.45 bits per heavy atom. The van der Waals surface area contributed by atoms with Gasteiger partial charge in [0.2, 0.25) is 5.75 Å². The van der Waals surface area contributed by atoms with E-state index >= 15 is 0 Å². The van der Waals surface area contributed by atoms with Gasteiger partial charge in [-0.2, -0.15) is 0 Å². The number of para-hydroxylation sites is 1. The Bertz CT molecular complexity index is 472. The molecule has 0 amide bonds. The molecular weight excluding hydrogens is 324 g/mol. The summed E-state index contributed by atoms with van der Waals surface area (Å²) >= 11 is 3.29. The van der Waals surface area contributed by atoms with Crippen LogP contribution in [-0.2, 0) is 0 Å². The summed E-state index contributed by atoms with van der Waals surface area (Å²) in [5, 5.41) is 14.4. The third kappa shape index (κ3) is 5.46. The molecule has 1 N–H and O–H groups in total. The third-order valence-corrected chi connectivity index (χ3v) is 3.26. The van der Waals surface area contributed by atoms with E-state index in [9.17, 15) is 10.1 Å². The number of nitrogens with one attached hydrogen (secondary N) is 1. The van der Waals surface area contributed by atoms with Crippen LogP contribution < -0.4 is 10.1 Å². The molecule has 0 saturated carbocycles. The molecule has 1 atom stereocenters. The molecule has 1 rings (SSSR count). The molecule has 112 valence electrons. The standard InChI is InChI=1S/C14H21BrN2O3/c1-10(8-16-14(2,3)4)9-20-13-11(15)6-5-7-12(13)17(18)19/h5-7,10,16H,8-9H2,1-4H3. The second kappa shape index (κ2) is 7.04. The number of benzene rings is 1. The van der Waals surface area contributed by atoms with E-state index in [0.29, 0.717) is 16.8 Å². The van der Waals surface area contributed by atoms with E-state index in [0.717, 1.165) is 6.54 Å². The van der Waals surface area contributed by atoms with Crippen molar-refractivity contribution in [1.29, 1.82) is 0 Å². The van der Waals surface area contributed by atoms with Crippen LogP contribution in [0.1, 0.15) is 27.7 Å². The Morgan fingerprint density at radius 3 is 2.65 bits per heavy atom. The Hall–Kier alpha value is -1.14. The van der Waals surface area contributed by atoms with E-state index in [1.807, 2.05) is 6.92 Å². The van der Waals surface area contributed by atoms with Gasteiger partial charge in [0.15, 0.2) is 0 Å². The lowest BCUT2D eigenvalue weighted by molar-refractivity contribution is -0.386. The van der Waals surface area contributed by atoms with Crippen LogP contribution in [0.4, 0.5) is 5.69 Å². The molecule has 0 aliphatic carbocycles. The zero-order valence-electron chi connectivity index (χ0n) is 12.3. The number of ether oxygens (including phenoxy) is 1. The second-order valence-electron chi connectivity index (χ2n) is 5.89. The summed E-state index contributed by atoms with van der Waals surface area (Å²) in [5.74, 6) is 0.543. The second-order valence-corrected chi connectivity index (χ2v) is 6.75. The van der Waals surface area contributed by atoms with Crippen LogP contribution >= 0.6 is 15.9 Å². The fourth-order valence-corrected chi connectivity index (χ4v) is 2.02. The fourth-order valence-electron chi connectivity index (χ4n) is 1.55. The topological polar surface area (TPSA) is 64.4 Å². The van der Waals surface area contributed by atoms with Crippen molar-refractivity contribution in [2.75, 3.05) is 13.2 Å². The molecule has 0 spiro atoms. The van der Waals surface area contributed by atoms with Crippen molar-refractivity contribution in [3.8, 4) is 5.75 Å². The number of halogens is 1. The van der Waals surface area contributed by atoms with Gasteiger partial charge in [-0.15, -0.1) is 0 Å². The minimum Gasteiger partial charge on any atom is -0.486 e. The quantitative estimate of drug-likeness (QED) is 0.630. The molecule has 0 aromatic heterocycles. The number of rotatable bonds is 6. The summed E-state index contributed by atoms with van der Waals surface area (Å²) in [6, 6.07) is 4.80. The first kappa shape index (κ1) is 16.9. The van der Waals surface area contributed by atoms with Gasteiger partial charge in [0.25, 0.3) is 0 Å². The number of nitro groups is 1. The molecule has 1 aromatic carbocycles. The number of nitro benzene ring substituents is 1. The van der Waals surface area contributed by atoms with Crippen molar-refractivity contribution in [3.05, 3.63) is 32.8 Å². The molecule has 6 heteroatoms. The number of nitrogens with zero attached hydrogens (tertiary/aromatic N) is 1. The van der Waals surface area contributed by atoms with Crippen molar-refractivity contribution < 1.29 is 9.66 Å². The molecule has 0 radical (unpaired) electrons. The summed E-state index contributed by atoms with van der Waals surface area (Å²) in [7, 11) is 0. The highest BCUT2D eigenvalue weighted by molar-refractivity contribution is 9.10. The maximum Gasteiger partial charge on any atom is 0.312 e. The molecule has 5 nitrogen and oxygen atoms in total. The lowest BCUT2D eigenvalue weighted by Gasteiger charge is -2.23. The summed E-state index contributed by atoms with van der Waals surface area (Å²) < 4.78 is 6.23. The molecule has 0 heterocycles. The van der Waals surface area contributed by atoms with Gasteiger partial charge in [0.05, 0.1) is 16.0 Å². The molecule has 20 heavy (non-hydrogen) atoms. The van der Waals surface area contributed by atoms with Crippen LogP contribution in [0.3, 0.4) is 0 Å².